The van der Waals surface area contributed by atoms with Crippen molar-refractivity contribution in [3.8, 4) is 17.7 Å². The number of fused-ring (bicyclic) bond motifs is 1. The van der Waals surface area contributed by atoms with Crippen molar-refractivity contribution < 1.29 is 4.74 Å². The molecule has 0 amide bonds. The van der Waals surface area contributed by atoms with Crippen LogP contribution in [-0.2, 0) is 0 Å². The van der Waals surface area contributed by atoms with Crippen LogP contribution in [0.1, 0.15) is 5.69 Å². The molecule has 0 atom stereocenters. The molecule has 0 radical (unpaired) electrons. The van der Waals surface area contributed by atoms with Crippen LogP contribution in [0, 0.1) is 11.3 Å². The van der Waals surface area contributed by atoms with Crippen LogP contribution in [0.5, 0.6) is 11.6 Å². The minimum absolute atomic E-state index is 0.156. The van der Waals surface area contributed by atoms with Gasteiger partial charge in [0.05, 0.1) is 5.52 Å². The predicted octanol–water partition coefficient (Wildman–Crippen LogP) is 2.69. The maximum atomic E-state index is 8.96. The van der Waals surface area contributed by atoms with Crippen LogP contribution in [0.3, 0.4) is 0 Å². The van der Waals surface area contributed by atoms with Crippen LogP contribution in [0.25, 0.3) is 10.9 Å². The Balaban J connectivity index is 2.09. The van der Waals surface area contributed by atoms with Crippen LogP contribution in [-0.4, -0.2) is 15.0 Å². The zero-order valence-corrected chi connectivity index (χ0v) is 9.82. The van der Waals surface area contributed by atoms with Gasteiger partial charge in [-0.3, -0.25) is 4.98 Å². The quantitative estimate of drug-likeness (QED) is 0.697. The fourth-order valence-electron chi connectivity index (χ4n) is 1.74. The van der Waals surface area contributed by atoms with Crippen molar-refractivity contribution in [2.45, 2.75) is 0 Å². The number of hydrogen-bond acceptors (Lipinski definition) is 5. The molecule has 0 aliphatic carbocycles. The van der Waals surface area contributed by atoms with Crippen LogP contribution in [0.4, 0.5) is 0 Å². The van der Waals surface area contributed by atoms with Gasteiger partial charge in [-0.25, -0.2) is 9.97 Å². The van der Waals surface area contributed by atoms with E-state index < -0.39 is 0 Å². The molecule has 90 valence electrons. The van der Waals surface area contributed by atoms with Crippen molar-refractivity contribution in [2.75, 3.05) is 0 Å². The lowest BCUT2D eigenvalue weighted by Crippen LogP contribution is -1.94. The number of ether oxygens (including phenoxy) is 1. The van der Waals surface area contributed by atoms with E-state index in [9.17, 15) is 0 Å². The van der Waals surface area contributed by atoms with Gasteiger partial charge >= 0.3 is 0 Å². The van der Waals surface area contributed by atoms with E-state index >= 15 is 0 Å². The van der Waals surface area contributed by atoms with Gasteiger partial charge in [-0.2, -0.15) is 5.26 Å². The minimum Gasteiger partial charge on any atom is -0.436 e. The molecule has 3 aromatic rings. The van der Waals surface area contributed by atoms with Gasteiger partial charge < -0.3 is 4.74 Å². The molecule has 2 aromatic heterocycles. The molecule has 1 aromatic carbocycles. The zero-order chi connectivity index (χ0) is 13.1. The number of benzene rings is 1. The minimum atomic E-state index is 0.156. The Bertz CT molecular complexity index is 774. The second kappa shape index (κ2) is 4.70. The second-order valence-electron chi connectivity index (χ2n) is 3.75. The van der Waals surface area contributed by atoms with E-state index in [1.807, 2.05) is 30.3 Å². The monoisotopic (exact) mass is 248 g/mol. The molecule has 2 heterocycles. The summed E-state index contributed by atoms with van der Waals surface area (Å²) in [5, 5.41) is 9.83. The highest BCUT2D eigenvalue weighted by Gasteiger charge is 2.09. The first-order chi connectivity index (χ1) is 9.38. The van der Waals surface area contributed by atoms with Gasteiger partial charge in [-0.15, -0.1) is 0 Å². The number of nitrogens with zero attached hydrogens (tertiary/aromatic N) is 4. The average molecular weight is 248 g/mol. The van der Waals surface area contributed by atoms with Gasteiger partial charge in [0, 0.05) is 24.0 Å². The summed E-state index contributed by atoms with van der Waals surface area (Å²) in [6.45, 7) is 0. The van der Waals surface area contributed by atoms with E-state index in [2.05, 4.69) is 15.0 Å². The van der Waals surface area contributed by atoms with E-state index in [4.69, 9.17) is 10.00 Å². The smallest absolute Gasteiger partial charge is 0.256 e. The van der Waals surface area contributed by atoms with Crippen LogP contribution >= 0.6 is 0 Å². The summed E-state index contributed by atoms with van der Waals surface area (Å²) in [5.74, 6) is 0.795. The summed E-state index contributed by atoms with van der Waals surface area (Å²) < 4.78 is 5.68. The summed E-state index contributed by atoms with van der Waals surface area (Å²) in [6.07, 6.45) is 4.66. The Morgan fingerprint density at radius 2 is 1.84 bits per heavy atom. The number of nitriles is 1. The number of hydrogen-bond donors (Lipinski definition) is 0. The Hall–Kier alpha value is -3.00. The van der Waals surface area contributed by atoms with E-state index in [1.54, 1.807) is 12.3 Å². The van der Waals surface area contributed by atoms with E-state index in [-0.39, 0.29) is 11.6 Å². The van der Waals surface area contributed by atoms with Crippen molar-refractivity contribution in [3.05, 3.63) is 54.6 Å². The summed E-state index contributed by atoms with van der Waals surface area (Å²) in [5.41, 5.74) is 0.978. The molecule has 0 unspecified atom stereocenters. The van der Waals surface area contributed by atoms with Crippen molar-refractivity contribution in [1.29, 1.82) is 5.26 Å². The SMILES string of the molecule is N#Cc1nccnc1Oc1cccc2ncccc12. The average Bonchev–Trinajstić information content (AvgIpc) is 2.48. The van der Waals surface area contributed by atoms with Crippen LogP contribution < -0.4 is 4.74 Å². The first-order valence-corrected chi connectivity index (χ1v) is 5.61. The van der Waals surface area contributed by atoms with Gasteiger partial charge in [0.2, 0.25) is 5.69 Å². The molecule has 0 saturated carbocycles. The Morgan fingerprint density at radius 1 is 0.947 bits per heavy atom. The maximum absolute atomic E-state index is 8.96. The third-order valence-corrected chi connectivity index (χ3v) is 2.58. The molecular formula is C14H8N4O. The molecule has 0 aliphatic heterocycles. The summed E-state index contributed by atoms with van der Waals surface area (Å²) in [7, 11) is 0. The molecule has 0 spiro atoms. The number of rotatable bonds is 2. The Kier molecular flexibility index (Phi) is 2.75. The van der Waals surface area contributed by atoms with Gasteiger partial charge in [-0.05, 0) is 24.3 Å². The van der Waals surface area contributed by atoms with Gasteiger partial charge in [0.25, 0.3) is 5.88 Å². The molecule has 0 aliphatic rings. The molecule has 0 fully saturated rings. The largest absolute Gasteiger partial charge is 0.436 e. The lowest BCUT2D eigenvalue weighted by molar-refractivity contribution is 0.463. The van der Waals surface area contributed by atoms with Crippen molar-refractivity contribution in [2.24, 2.45) is 0 Å². The van der Waals surface area contributed by atoms with Gasteiger partial charge in [0.15, 0.2) is 0 Å². The maximum Gasteiger partial charge on any atom is 0.256 e. The van der Waals surface area contributed by atoms with Gasteiger partial charge in [-0.1, -0.05) is 6.07 Å². The number of pyridine rings is 1. The van der Waals surface area contributed by atoms with Crippen molar-refractivity contribution >= 4 is 10.9 Å². The molecular weight excluding hydrogens is 240 g/mol. The molecule has 3 rings (SSSR count). The first kappa shape index (κ1) is 11.1. The third-order valence-electron chi connectivity index (χ3n) is 2.58. The topological polar surface area (TPSA) is 71.7 Å². The fraction of sp³-hybridized carbons (Fsp3) is 0. The van der Waals surface area contributed by atoms with Gasteiger partial charge in [0.1, 0.15) is 11.8 Å². The standard InChI is InChI=1S/C14H8N4O/c15-9-12-14(18-8-7-17-12)19-13-5-1-4-11-10(13)3-2-6-16-11/h1-8H. The number of aromatic nitrogens is 3. The summed E-state index contributed by atoms with van der Waals surface area (Å²) >= 11 is 0. The van der Waals surface area contributed by atoms with Crippen LogP contribution in [0.15, 0.2) is 48.9 Å². The summed E-state index contributed by atoms with van der Waals surface area (Å²) in [4.78, 5) is 12.2. The molecule has 0 saturated heterocycles. The molecule has 19 heavy (non-hydrogen) atoms. The highest BCUT2D eigenvalue weighted by atomic mass is 16.5. The molecule has 0 N–H and O–H groups in total. The highest BCUT2D eigenvalue weighted by molar-refractivity contribution is 5.85. The predicted molar refractivity (Wildman–Crippen MR) is 68.6 cm³/mol. The fourth-order valence-corrected chi connectivity index (χ4v) is 1.74. The lowest BCUT2D eigenvalue weighted by atomic mass is 10.2. The molecule has 5 heteroatoms. The van der Waals surface area contributed by atoms with E-state index in [1.165, 1.54) is 12.4 Å². The Morgan fingerprint density at radius 3 is 2.74 bits per heavy atom. The summed E-state index contributed by atoms with van der Waals surface area (Å²) in [6, 6.07) is 11.2. The van der Waals surface area contributed by atoms with E-state index in [0.717, 1.165) is 10.9 Å². The molecule has 5 nitrogen and oxygen atoms in total. The van der Waals surface area contributed by atoms with E-state index in [0.29, 0.717) is 5.75 Å². The highest BCUT2D eigenvalue weighted by Crippen LogP contribution is 2.28. The van der Waals surface area contributed by atoms with Crippen molar-refractivity contribution in [3.63, 3.8) is 0 Å². The lowest BCUT2D eigenvalue weighted by Gasteiger charge is -2.07. The second-order valence-corrected chi connectivity index (χ2v) is 3.75. The van der Waals surface area contributed by atoms with Crippen molar-refractivity contribution in [1.82, 2.24) is 15.0 Å². The zero-order valence-electron chi connectivity index (χ0n) is 9.82. The first-order valence-electron chi connectivity index (χ1n) is 5.61. The Labute approximate surface area is 109 Å². The van der Waals surface area contributed by atoms with Crippen LogP contribution in [0.2, 0.25) is 0 Å². The third kappa shape index (κ3) is 2.07. The molecule has 0 bridgehead atoms. The normalized spacial score (nSPS) is 10.1.